The lowest BCUT2D eigenvalue weighted by atomic mass is 9.98. The highest BCUT2D eigenvalue weighted by Crippen LogP contribution is 2.11. The lowest BCUT2D eigenvalue weighted by Crippen LogP contribution is -2.20. The van der Waals surface area contributed by atoms with Crippen LogP contribution in [0.2, 0.25) is 0 Å². The van der Waals surface area contributed by atoms with Crippen molar-refractivity contribution in [1.82, 2.24) is 0 Å². The molecule has 1 unspecified atom stereocenters. The highest BCUT2D eigenvalue weighted by molar-refractivity contribution is 5.97. The summed E-state index contributed by atoms with van der Waals surface area (Å²) in [5.74, 6) is 0.0579. The zero-order valence-corrected chi connectivity index (χ0v) is 9.49. The Morgan fingerprint density at radius 2 is 1.93 bits per heavy atom. The van der Waals surface area contributed by atoms with Gasteiger partial charge in [-0.05, 0) is 12.0 Å². The van der Waals surface area contributed by atoms with Gasteiger partial charge in [-0.15, -0.1) is 0 Å². The fraction of sp³-hybridized carbons (Fsp3) is 0.462. The molecule has 1 aromatic rings. The SMILES string of the molecule is CCCc1ccc(C(=O)C(C)CN)cc1. The first-order valence-corrected chi connectivity index (χ1v) is 5.52. The minimum absolute atomic E-state index is 0.0815. The Hall–Kier alpha value is -1.15. The summed E-state index contributed by atoms with van der Waals surface area (Å²) in [4.78, 5) is 11.8. The van der Waals surface area contributed by atoms with Crippen LogP contribution in [0.15, 0.2) is 24.3 Å². The van der Waals surface area contributed by atoms with Crippen molar-refractivity contribution in [3.63, 3.8) is 0 Å². The third-order valence-corrected chi connectivity index (χ3v) is 2.58. The van der Waals surface area contributed by atoms with E-state index in [0.717, 1.165) is 18.4 Å². The highest BCUT2D eigenvalue weighted by Gasteiger charge is 2.12. The predicted molar refractivity (Wildman–Crippen MR) is 63.0 cm³/mol. The van der Waals surface area contributed by atoms with Crippen LogP contribution in [-0.4, -0.2) is 12.3 Å². The summed E-state index contributed by atoms with van der Waals surface area (Å²) in [5.41, 5.74) is 7.52. The minimum Gasteiger partial charge on any atom is -0.330 e. The molecule has 0 spiro atoms. The van der Waals surface area contributed by atoms with E-state index in [1.807, 2.05) is 31.2 Å². The zero-order chi connectivity index (χ0) is 11.3. The number of ketones is 1. The third-order valence-electron chi connectivity index (χ3n) is 2.58. The Morgan fingerprint density at radius 3 is 2.40 bits per heavy atom. The van der Waals surface area contributed by atoms with E-state index < -0.39 is 0 Å². The first-order valence-electron chi connectivity index (χ1n) is 5.52. The van der Waals surface area contributed by atoms with Crippen LogP contribution in [0.5, 0.6) is 0 Å². The van der Waals surface area contributed by atoms with Crippen molar-refractivity contribution in [3.8, 4) is 0 Å². The average Bonchev–Trinajstić information content (AvgIpc) is 2.28. The lowest BCUT2D eigenvalue weighted by molar-refractivity contribution is 0.0934. The second-order valence-corrected chi connectivity index (χ2v) is 3.95. The van der Waals surface area contributed by atoms with Crippen LogP contribution in [0.4, 0.5) is 0 Å². The molecule has 0 aromatic heterocycles. The van der Waals surface area contributed by atoms with E-state index >= 15 is 0 Å². The van der Waals surface area contributed by atoms with Crippen molar-refractivity contribution in [2.24, 2.45) is 11.7 Å². The molecule has 82 valence electrons. The first-order chi connectivity index (χ1) is 7.19. The van der Waals surface area contributed by atoms with E-state index in [0.29, 0.717) is 6.54 Å². The fourth-order valence-electron chi connectivity index (χ4n) is 1.52. The molecule has 0 fully saturated rings. The van der Waals surface area contributed by atoms with Gasteiger partial charge in [0.15, 0.2) is 5.78 Å². The number of rotatable bonds is 5. The normalized spacial score (nSPS) is 12.5. The molecule has 2 nitrogen and oxygen atoms in total. The van der Waals surface area contributed by atoms with Crippen molar-refractivity contribution in [2.45, 2.75) is 26.7 Å². The monoisotopic (exact) mass is 205 g/mol. The molecule has 0 saturated heterocycles. The van der Waals surface area contributed by atoms with Gasteiger partial charge in [0.2, 0.25) is 0 Å². The summed E-state index contributed by atoms with van der Waals surface area (Å²) >= 11 is 0. The van der Waals surface area contributed by atoms with Crippen molar-refractivity contribution >= 4 is 5.78 Å². The minimum atomic E-state index is -0.0815. The highest BCUT2D eigenvalue weighted by atomic mass is 16.1. The Balaban J connectivity index is 2.75. The number of carbonyl (C=O) groups excluding carboxylic acids is 1. The van der Waals surface area contributed by atoms with E-state index in [9.17, 15) is 4.79 Å². The first kappa shape index (κ1) is 11.9. The quantitative estimate of drug-likeness (QED) is 0.750. The molecule has 0 heterocycles. The maximum atomic E-state index is 11.8. The number of hydrogen-bond donors (Lipinski definition) is 1. The molecule has 0 aliphatic rings. The van der Waals surface area contributed by atoms with Crippen LogP contribution in [0.1, 0.15) is 36.2 Å². The third kappa shape index (κ3) is 3.17. The molecule has 0 amide bonds. The van der Waals surface area contributed by atoms with Gasteiger partial charge in [-0.1, -0.05) is 44.5 Å². The van der Waals surface area contributed by atoms with Gasteiger partial charge >= 0.3 is 0 Å². The topological polar surface area (TPSA) is 43.1 Å². The van der Waals surface area contributed by atoms with Crippen molar-refractivity contribution < 1.29 is 4.79 Å². The standard InChI is InChI=1S/C13H19NO/c1-3-4-11-5-7-12(8-6-11)13(15)10(2)9-14/h5-8,10H,3-4,9,14H2,1-2H3. The van der Waals surface area contributed by atoms with Crippen molar-refractivity contribution in [2.75, 3.05) is 6.54 Å². The van der Waals surface area contributed by atoms with E-state index in [2.05, 4.69) is 6.92 Å². The smallest absolute Gasteiger partial charge is 0.166 e. The van der Waals surface area contributed by atoms with Crippen molar-refractivity contribution in [1.29, 1.82) is 0 Å². The van der Waals surface area contributed by atoms with Crippen LogP contribution in [0, 0.1) is 5.92 Å². The van der Waals surface area contributed by atoms with Gasteiger partial charge in [-0.3, -0.25) is 4.79 Å². The number of carbonyl (C=O) groups is 1. The van der Waals surface area contributed by atoms with E-state index in [4.69, 9.17) is 5.73 Å². The van der Waals surface area contributed by atoms with Crippen molar-refractivity contribution in [3.05, 3.63) is 35.4 Å². The summed E-state index contributed by atoms with van der Waals surface area (Å²) in [6, 6.07) is 7.86. The maximum Gasteiger partial charge on any atom is 0.166 e. The van der Waals surface area contributed by atoms with E-state index in [1.54, 1.807) is 0 Å². The van der Waals surface area contributed by atoms with Gasteiger partial charge in [0.25, 0.3) is 0 Å². The Labute approximate surface area is 91.5 Å². The molecule has 2 heteroatoms. The second-order valence-electron chi connectivity index (χ2n) is 3.95. The van der Waals surface area contributed by atoms with Gasteiger partial charge in [0, 0.05) is 18.0 Å². The van der Waals surface area contributed by atoms with Crippen LogP contribution in [0.25, 0.3) is 0 Å². The van der Waals surface area contributed by atoms with Crippen LogP contribution in [0.3, 0.4) is 0 Å². The molecule has 15 heavy (non-hydrogen) atoms. The number of nitrogens with two attached hydrogens (primary N) is 1. The maximum absolute atomic E-state index is 11.8. The predicted octanol–water partition coefficient (Wildman–Crippen LogP) is 2.42. The number of Topliss-reactive ketones (excluding diaryl/α,β-unsaturated/α-hetero) is 1. The molecule has 0 aliphatic heterocycles. The summed E-state index contributed by atoms with van der Waals surface area (Å²) in [6.45, 7) is 4.42. The second kappa shape index (κ2) is 5.66. The summed E-state index contributed by atoms with van der Waals surface area (Å²) in [7, 11) is 0. The molecule has 1 aromatic carbocycles. The molecule has 0 bridgehead atoms. The summed E-state index contributed by atoms with van der Waals surface area (Å²) < 4.78 is 0. The number of aryl methyl sites for hydroxylation is 1. The van der Waals surface area contributed by atoms with Crippen LogP contribution >= 0.6 is 0 Å². The van der Waals surface area contributed by atoms with Gasteiger partial charge in [0.1, 0.15) is 0 Å². The Morgan fingerprint density at radius 1 is 1.33 bits per heavy atom. The molecule has 1 atom stereocenters. The van der Waals surface area contributed by atoms with Gasteiger partial charge in [0.05, 0.1) is 0 Å². The Bertz CT molecular complexity index is 316. The molecule has 1 rings (SSSR count). The largest absolute Gasteiger partial charge is 0.330 e. The number of benzene rings is 1. The molecule has 0 aliphatic carbocycles. The van der Waals surface area contributed by atoms with E-state index in [1.165, 1.54) is 5.56 Å². The molecule has 0 radical (unpaired) electrons. The molecule has 0 saturated carbocycles. The van der Waals surface area contributed by atoms with Gasteiger partial charge in [-0.25, -0.2) is 0 Å². The molecule has 2 N–H and O–H groups in total. The van der Waals surface area contributed by atoms with Gasteiger partial charge < -0.3 is 5.73 Å². The van der Waals surface area contributed by atoms with Crippen LogP contribution < -0.4 is 5.73 Å². The zero-order valence-electron chi connectivity index (χ0n) is 9.49. The van der Waals surface area contributed by atoms with Gasteiger partial charge in [-0.2, -0.15) is 0 Å². The Kier molecular flexibility index (Phi) is 4.50. The molecular formula is C13H19NO. The van der Waals surface area contributed by atoms with E-state index in [-0.39, 0.29) is 11.7 Å². The van der Waals surface area contributed by atoms with Crippen LogP contribution in [-0.2, 0) is 6.42 Å². The molecular weight excluding hydrogens is 186 g/mol. The summed E-state index contributed by atoms with van der Waals surface area (Å²) in [5, 5.41) is 0. The lowest BCUT2D eigenvalue weighted by Gasteiger charge is -2.07. The fourth-order valence-corrected chi connectivity index (χ4v) is 1.52. The summed E-state index contributed by atoms with van der Waals surface area (Å²) in [6.07, 6.45) is 2.20. The average molecular weight is 205 g/mol. The number of hydrogen-bond acceptors (Lipinski definition) is 2.